The monoisotopic (exact) mass is 352 g/mol. The number of fused-ring (bicyclic) bond motifs is 1. The summed E-state index contributed by atoms with van der Waals surface area (Å²) in [6.07, 6.45) is 0. The summed E-state index contributed by atoms with van der Waals surface area (Å²) in [4.78, 5) is 42.6. The summed E-state index contributed by atoms with van der Waals surface area (Å²) in [5, 5.41) is 5.28. The van der Waals surface area contributed by atoms with Crippen LogP contribution in [0.25, 0.3) is 0 Å². The number of anilines is 2. The zero-order valence-corrected chi connectivity index (χ0v) is 15.1. The Labute approximate surface area is 151 Å². The third kappa shape index (κ3) is 3.28. The van der Waals surface area contributed by atoms with Crippen molar-refractivity contribution in [3.63, 3.8) is 0 Å². The Morgan fingerprint density at radius 2 is 1.69 bits per heavy atom. The van der Waals surface area contributed by atoms with Crippen LogP contribution in [0.15, 0.2) is 36.4 Å². The van der Waals surface area contributed by atoms with Crippen LogP contribution in [0, 0.1) is 6.92 Å². The van der Waals surface area contributed by atoms with Crippen molar-refractivity contribution < 1.29 is 14.4 Å². The summed E-state index contributed by atoms with van der Waals surface area (Å²) in [5.74, 6) is -0.256. The van der Waals surface area contributed by atoms with Crippen LogP contribution >= 0.6 is 0 Å². The molecule has 0 unspecified atom stereocenters. The summed E-state index contributed by atoms with van der Waals surface area (Å²) in [5.41, 5.74) is 1.22. The van der Waals surface area contributed by atoms with Crippen LogP contribution in [0.3, 0.4) is 0 Å². The number of aryl methyl sites for hydroxylation is 1. The number of pyridine rings is 1. The van der Waals surface area contributed by atoms with Gasteiger partial charge in [0.1, 0.15) is 5.82 Å². The van der Waals surface area contributed by atoms with E-state index in [9.17, 15) is 14.4 Å². The molecule has 134 valence electrons. The van der Waals surface area contributed by atoms with E-state index < -0.39 is 11.6 Å². The van der Waals surface area contributed by atoms with Gasteiger partial charge in [-0.2, -0.15) is 0 Å². The van der Waals surface area contributed by atoms with Gasteiger partial charge >= 0.3 is 6.03 Å². The van der Waals surface area contributed by atoms with Crippen LogP contribution < -0.4 is 10.6 Å². The van der Waals surface area contributed by atoms with Crippen LogP contribution in [0.4, 0.5) is 16.3 Å². The fourth-order valence-electron chi connectivity index (χ4n) is 2.82. The lowest BCUT2D eigenvalue weighted by Gasteiger charge is -2.29. The number of carbonyl (C=O) groups is 3. The fraction of sp³-hybridized carbons (Fsp3) is 0.263. The van der Waals surface area contributed by atoms with Gasteiger partial charge in [-0.15, -0.1) is 0 Å². The molecule has 0 radical (unpaired) electrons. The number of nitrogens with one attached hydrogen (secondary N) is 2. The highest BCUT2D eigenvalue weighted by Crippen LogP contribution is 2.30. The van der Waals surface area contributed by atoms with Gasteiger partial charge in [0, 0.05) is 16.9 Å². The molecule has 1 aliphatic heterocycles. The minimum absolute atomic E-state index is 0.288. The molecule has 2 heterocycles. The molecule has 0 saturated heterocycles. The van der Waals surface area contributed by atoms with Gasteiger partial charge in [0.2, 0.25) is 0 Å². The third-order valence-corrected chi connectivity index (χ3v) is 3.95. The van der Waals surface area contributed by atoms with Gasteiger partial charge in [0.05, 0.1) is 11.1 Å². The highest BCUT2D eigenvalue weighted by molar-refractivity contribution is 6.22. The van der Waals surface area contributed by atoms with E-state index in [0.717, 1.165) is 5.69 Å². The number of carbonyl (C=O) groups excluding carboxylic acids is 3. The van der Waals surface area contributed by atoms with Gasteiger partial charge < -0.3 is 5.32 Å². The van der Waals surface area contributed by atoms with E-state index in [-0.39, 0.29) is 17.4 Å². The number of benzene rings is 1. The molecule has 4 amide bonds. The van der Waals surface area contributed by atoms with Crippen LogP contribution in [-0.2, 0) is 0 Å². The molecule has 0 atom stereocenters. The Hall–Kier alpha value is -3.22. The van der Waals surface area contributed by atoms with Crippen molar-refractivity contribution in [2.45, 2.75) is 33.2 Å². The molecule has 0 saturated carbocycles. The Morgan fingerprint density at radius 1 is 1.00 bits per heavy atom. The van der Waals surface area contributed by atoms with Crippen molar-refractivity contribution in [2.24, 2.45) is 0 Å². The van der Waals surface area contributed by atoms with Crippen molar-refractivity contribution in [3.05, 3.63) is 53.2 Å². The molecule has 1 aromatic carbocycles. The summed E-state index contributed by atoms with van der Waals surface area (Å²) < 4.78 is 0. The summed E-state index contributed by atoms with van der Waals surface area (Å²) in [6.45, 7) is 7.23. The number of imide groups is 1. The maximum absolute atomic E-state index is 12.6. The zero-order valence-electron chi connectivity index (χ0n) is 15.1. The van der Waals surface area contributed by atoms with E-state index >= 15 is 0 Å². The molecule has 0 bridgehead atoms. The minimum Gasteiger partial charge on any atom is -0.308 e. The smallest absolute Gasteiger partial charge is 0.308 e. The minimum atomic E-state index is -0.616. The molecule has 1 aliphatic rings. The van der Waals surface area contributed by atoms with E-state index in [4.69, 9.17) is 0 Å². The van der Waals surface area contributed by atoms with Crippen LogP contribution in [0.5, 0.6) is 0 Å². The number of hydrogen-bond donors (Lipinski definition) is 2. The molecule has 2 N–H and O–H groups in total. The van der Waals surface area contributed by atoms with Crippen LogP contribution in [-0.4, -0.2) is 33.3 Å². The average molecular weight is 352 g/mol. The topological polar surface area (TPSA) is 91.4 Å². The van der Waals surface area contributed by atoms with Crippen molar-refractivity contribution in [3.8, 4) is 0 Å². The lowest BCUT2D eigenvalue weighted by molar-refractivity contribution is 0.0507. The van der Waals surface area contributed by atoms with Gasteiger partial charge in [-0.3, -0.25) is 19.8 Å². The molecule has 26 heavy (non-hydrogen) atoms. The maximum Gasteiger partial charge on any atom is 0.324 e. The van der Waals surface area contributed by atoms with Gasteiger partial charge in [0.15, 0.2) is 0 Å². The molecule has 2 aromatic rings. The predicted octanol–water partition coefficient (Wildman–Crippen LogP) is 3.43. The number of hydrogen-bond acceptors (Lipinski definition) is 4. The van der Waals surface area contributed by atoms with Gasteiger partial charge in [-0.05, 0) is 58.0 Å². The first-order valence-electron chi connectivity index (χ1n) is 8.21. The van der Waals surface area contributed by atoms with E-state index in [1.807, 2.05) is 13.0 Å². The molecule has 0 fully saturated rings. The highest BCUT2D eigenvalue weighted by atomic mass is 16.2. The van der Waals surface area contributed by atoms with Crippen molar-refractivity contribution in [1.29, 1.82) is 0 Å². The van der Waals surface area contributed by atoms with E-state index in [1.54, 1.807) is 45.0 Å². The van der Waals surface area contributed by atoms with Gasteiger partial charge in [-0.25, -0.2) is 9.78 Å². The zero-order chi connectivity index (χ0) is 19.1. The quantitative estimate of drug-likeness (QED) is 0.810. The first-order valence-corrected chi connectivity index (χ1v) is 8.21. The second-order valence-electron chi connectivity index (χ2n) is 7.12. The molecular formula is C19H20N4O3. The Bertz CT molecular complexity index is 915. The number of nitrogens with zero attached hydrogens (tertiary/aromatic N) is 2. The van der Waals surface area contributed by atoms with Crippen LogP contribution in [0.2, 0.25) is 0 Å². The third-order valence-electron chi connectivity index (χ3n) is 3.95. The molecule has 0 spiro atoms. The molecule has 3 rings (SSSR count). The standard InChI is InChI=1S/C19H20N4O3/c1-11-6-5-7-15(20-11)22-18(26)21-12-8-9-13-14(10-12)17(25)23(16(13)24)19(2,3)4/h5-10H,1-4H3,(H2,20,21,22,26). The second-order valence-corrected chi connectivity index (χ2v) is 7.12. The largest absolute Gasteiger partial charge is 0.324 e. The Kier molecular flexibility index (Phi) is 4.23. The maximum atomic E-state index is 12.6. The van der Waals surface area contributed by atoms with Crippen molar-refractivity contribution in [2.75, 3.05) is 10.6 Å². The average Bonchev–Trinajstić information content (AvgIpc) is 2.78. The fourth-order valence-corrected chi connectivity index (χ4v) is 2.82. The SMILES string of the molecule is Cc1cccc(NC(=O)Nc2ccc3c(c2)C(=O)N(C(C)(C)C)C3=O)n1. The highest BCUT2D eigenvalue weighted by Gasteiger charge is 2.41. The first-order chi connectivity index (χ1) is 12.2. The summed E-state index contributed by atoms with van der Waals surface area (Å²) >= 11 is 0. The number of urea groups is 1. The number of rotatable bonds is 2. The van der Waals surface area contributed by atoms with E-state index in [0.29, 0.717) is 17.1 Å². The van der Waals surface area contributed by atoms with Crippen molar-refractivity contribution in [1.82, 2.24) is 9.88 Å². The molecule has 1 aromatic heterocycles. The predicted molar refractivity (Wildman–Crippen MR) is 98.3 cm³/mol. The molecular weight excluding hydrogens is 332 g/mol. The van der Waals surface area contributed by atoms with Gasteiger partial charge in [-0.1, -0.05) is 6.07 Å². The number of aromatic nitrogens is 1. The summed E-state index contributed by atoms with van der Waals surface area (Å²) in [6, 6.07) is 9.49. The van der Waals surface area contributed by atoms with E-state index in [1.165, 1.54) is 11.0 Å². The Balaban J connectivity index is 1.79. The Morgan fingerprint density at radius 3 is 2.35 bits per heavy atom. The second kappa shape index (κ2) is 6.25. The lowest BCUT2D eigenvalue weighted by atomic mass is 10.1. The number of amides is 4. The first kappa shape index (κ1) is 17.6. The van der Waals surface area contributed by atoms with Crippen molar-refractivity contribution >= 4 is 29.4 Å². The molecule has 7 nitrogen and oxygen atoms in total. The lowest BCUT2D eigenvalue weighted by Crippen LogP contribution is -2.45. The van der Waals surface area contributed by atoms with E-state index in [2.05, 4.69) is 15.6 Å². The normalized spacial score (nSPS) is 13.6. The molecule has 7 heteroatoms. The van der Waals surface area contributed by atoms with Gasteiger partial charge in [0.25, 0.3) is 11.8 Å². The van der Waals surface area contributed by atoms with Crippen LogP contribution in [0.1, 0.15) is 47.2 Å². The summed E-state index contributed by atoms with van der Waals surface area (Å²) in [7, 11) is 0. The molecule has 0 aliphatic carbocycles.